The van der Waals surface area contributed by atoms with Gasteiger partial charge in [0.1, 0.15) is 0 Å². The second kappa shape index (κ2) is 5.32. The van der Waals surface area contributed by atoms with E-state index in [9.17, 15) is 9.90 Å². The van der Waals surface area contributed by atoms with Crippen LogP contribution in [0.3, 0.4) is 0 Å². The second-order valence-electron chi connectivity index (χ2n) is 4.87. The molecule has 0 aromatic heterocycles. The third-order valence-electron chi connectivity index (χ3n) is 3.16. The molecular formula is C14H19NO2. The number of carbonyl (C=O) groups excluding carboxylic acids is 1. The molecule has 3 nitrogen and oxygen atoms in total. The molecule has 0 heterocycles. The van der Waals surface area contributed by atoms with Crippen molar-refractivity contribution in [1.29, 1.82) is 0 Å². The van der Waals surface area contributed by atoms with E-state index in [-0.39, 0.29) is 12.0 Å². The lowest BCUT2D eigenvalue weighted by Gasteiger charge is -2.10. The van der Waals surface area contributed by atoms with Crippen molar-refractivity contribution in [3.05, 3.63) is 35.4 Å². The highest BCUT2D eigenvalue weighted by Crippen LogP contribution is 2.32. The van der Waals surface area contributed by atoms with Crippen LogP contribution >= 0.6 is 0 Å². The standard InChI is InChI=1S/C14H19NO2/c1-10-2-4-11(5-3-10)8-14(17)15-9-13(16)12-6-7-12/h2-5,12-13,16H,6-9H2,1H3,(H,15,17). The summed E-state index contributed by atoms with van der Waals surface area (Å²) < 4.78 is 0. The normalized spacial score (nSPS) is 16.6. The fraction of sp³-hybridized carbons (Fsp3) is 0.500. The number of rotatable bonds is 5. The SMILES string of the molecule is Cc1ccc(CC(=O)NCC(O)C2CC2)cc1. The van der Waals surface area contributed by atoms with Gasteiger partial charge in [0.05, 0.1) is 12.5 Å². The van der Waals surface area contributed by atoms with Crippen LogP contribution in [-0.2, 0) is 11.2 Å². The maximum absolute atomic E-state index is 11.6. The smallest absolute Gasteiger partial charge is 0.224 e. The zero-order valence-corrected chi connectivity index (χ0v) is 10.1. The summed E-state index contributed by atoms with van der Waals surface area (Å²) in [5, 5.41) is 12.4. The van der Waals surface area contributed by atoms with Crippen LogP contribution in [0.15, 0.2) is 24.3 Å². The first-order valence-corrected chi connectivity index (χ1v) is 6.15. The number of aryl methyl sites for hydroxylation is 1. The van der Waals surface area contributed by atoms with E-state index in [1.165, 1.54) is 5.56 Å². The summed E-state index contributed by atoms with van der Waals surface area (Å²) in [5.74, 6) is 0.392. The molecule has 1 aromatic rings. The molecule has 0 spiro atoms. The van der Waals surface area contributed by atoms with Gasteiger partial charge in [-0.05, 0) is 31.2 Å². The largest absolute Gasteiger partial charge is 0.391 e. The van der Waals surface area contributed by atoms with Crippen LogP contribution in [0.25, 0.3) is 0 Å². The lowest BCUT2D eigenvalue weighted by Crippen LogP contribution is -2.34. The summed E-state index contributed by atoms with van der Waals surface area (Å²) in [5.41, 5.74) is 2.20. The van der Waals surface area contributed by atoms with Gasteiger partial charge < -0.3 is 10.4 Å². The van der Waals surface area contributed by atoms with Gasteiger partial charge in [0.2, 0.25) is 5.91 Å². The van der Waals surface area contributed by atoms with Crippen LogP contribution in [0.4, 0.5) is 0 Å². The van der Waals surface area contributed by atoms with Crippen molar-refractivity contribution in [2.24, 2.45) is 5.92 Å². The van der Waals surface area contributed by atoms with Crippen molar-refractivity contribution in [3.8, 4) is 0 Å². The van der Waals surface area contributed by atoms with Gasteiger partial charge >= 0.3 is 0 Å². The number of hydrogen-bond donors (Lipinski definition) is 2. The topological polar surface area (TPSA) is 49.3 Å². The van der Waals surface area contributed by atoms with Gasteiger partial charge in [-0.2, -0.15) is 0 Å². The first kappa shape index (κ1) is 12.1. The van der Waals surface area contributed by atoms with Gasteiger partial charge in [-0.3, -0.25) is 4.79 Å². The maximum Gasteiger partial charge on any atom is 0.224 e. The molecule has 17 heavy (non-hydrogen) atoms. The Bertz CT molecular complexity index is 382. The molecule has 1 aliphatic rings. The van der Waals surface area contributed by atoms with Crippen molar-refractivity contribution in [3.63, 3.8) is 0 Å². The number of amides is 1. The van der Waals surface area contributed by atoms with Gasteiger partial charge in [0.15, 0.2) is 0 Å². The number of hydrogen-bond acceptors (Lipinski definition) is 2. The lowest BCUT2D eigenvalue weighted by molar-refractivity contribution is -0.120. The van der Waals surface area contributed by atoms with Gasteiger partial charge in [-0.1, -0.05) is 29.8 Å². The first-order chi connectivity index (χ1) is 8.15. The predicted octanol–water partition coefficient (Wildman–Crippen LogP) is 1.42. The van der Waals surface area contributed by atoms with E-state index in [0.29, 0.717) is 18.9 Å². The van der Waals surface area contributed by atoms with E-state index >= 15 is 0 Å². The highest BCUT2D eigenvalue weighted by atomic mass is 16.3. The van der Waals surface area contributed by atoms with E-state index in [1.807, 2.05) is 31.2 Å². The van der Waals surface area contributed by atoms with Crippen LogP contribution in [-0.4, -0.2) is 23.7 Å². The van der Waals surface area contributed by atoms with E-state index in [0.717, 1.165) is 18.4 Å². The number of aliphatic hydroxyl groups excluding tert-OH is 1. The van der Waals surface area contributed by atoms with Gasteiger partial charge in [0, 0.05) is 6.54 Å². The fourth-order valence-electron chi connectivity index (χ4n) is 1.82. The molecule has 0 saturated heterocycles. The summed E-state index contributed by atoms with van der Waals surface area (Å²) in [6.45, 7) is 2.41. The molecule has 0 aliphatic heterocycles. The quantitative estimate of drug-likeness (QED) is 0.808. The Hall–Kier alpha value is -1.35. The Balaban J connectivity index is 1.74. The predicted molar refractivity (Wildman–Crippen MR) is 66.6 cm³/mol. The van der Waals surface area contributed by atoms with Gasteiger partial charge in [-0.25, -0.2) is 0 Å². The molecule has 2 N–H and O–H groups in total. The molecule has 0 bridgehead atoms. The van der Waals surface area contributed by atoms with Crippen molar-refractivity contribution in [1.82, 2.24) is 5.32 Å². The van der Waals surface area contributed by atoms with E-state index in [4.69, 9.17) is 0 Å². The molecule has 3 heteroatoms. The number of benzene rings is 1. The summed E-state index contributed by atoms with van der Waals surface area (Å²) in [4.78, 5) is 11.6. The lowest BCUT2D eigenvalue weighted by atomic mass is 10.1. The molecule has 1 atom stereocenters. The molecule has 1 saturated carbocycles. The van der Waals surface area contributed by atoms with E-state index in [2.05, 4.69) is 5.32 Å². The van der Waals surface area contributed by atoms with E-state index < -0.39 is 0 Å². The monoisotopic (exact) mass is 233 g/mol. The summed E-state index contributed by atoms with van der Waals surface area (Å²) in [6, 6.07) is 7.93. The van der Waals surface area contributed by atoms with Crippen LogP contribution in [0.1, 0.15) is 24.0 Å². The van der Waals surface area contributed by atoms with Gasteiger partial charge in [-0.15, -0.1) is 0 Å². The average molecular weight is 233 g/mol. The minimum atomic E-state index is -0.364. The van der Waals surface area contributed by atoms with Crippen LogP contribution in [0.5, 0.6) is 0 Å². The highest BCUT2D eigenvalue weighted by Gasteiger charge is 2.29. The van der Waals surface area contributed by atoms with Crippen LogP contribution < -0.4 is 5.32 Å². The van der Waals surface area contributed by atoms with Gasteiger partial charge in [0.25, 0.3) is 0 Å². The van der Waals surface area contributed by atoms with E-state index in [1.54, 1.807) is 0 Å². The Morgan fingerprint density at radius 2 is 2.06 bits per heavy atom. The molecule has 1 fully saturated rings. The summed E-state index contributed by atoms with van der Waals surface area (Å²) in [7, 11) is 0. The van der Waals surface area contributed by atoms with Crippen molar-refractivity contribution in [2.45, 2.75) is 32.3 Å². The average Bonchev–Trinajstić information content (AvgIpc) is 3.13. The summed E-state index contributed by atoms with van der Waals surface area (Å²) >= 11 is 0. The highest BCUT2D eigenvalue weighted by molar-refractivity contribution is 5.78. The molecule has 1 aromatic carbocycles. The molecule has 2 rings (SSSR count). The zero-order valence-electron chi connectivity index (χ0n) is 10.1. The maximum atomic E-state index is 11.6. The Morgan fingerprint density at radius 3 is 2.65 bits per heavy atom. The molecule has 1 amide bonds. The molecule has 1 aliphatic carbocycles. The number of aliphatic hydroxyl groups is 1. The zero-order chi connectivity index (χ0) is 12.3. The minimum absolute atomic E-state index is 0.0199. The van der Waals surface area contributed by atoms with Crippen molar-refractivity contribution < 1.29 is 9.90 Å². The Morgan fingerprint density at radius 1 is 1.41 bits per heavy atom. The van der Waals surface area contributed by atoms with Crippen molar-refractivity contribution >= 4 is 5.91 Å². The summed E-state index contributed by atoms with van der Waals surface area (Å²) in [6.07, 6.45) is 2.21. The first-order valence-electron chi connectivity index (χ1n) is 6.15. The fourth-order valence-corrected chi connectivity index (χ4v) is 1.82. The second-order valence-corrected chi connectivity index (χ2v) is 4.87. The molecule has 0 radical (unpaired) electrons. The number of carbonyl (C=O) groups is 1. The molecule has 1 unspecified atom stereocenters. The molecular weight excluding hydrogens is 214 g/mol. The Labute approximate surface area is 102 Å². The van der Waals surface area contributed by atoms with Crippen LogP contribution in [0, 0.1) is 12.8 Å². The molecule has 92 valence electrons. The number of nitrogens with one attached hydrogen (secondary N) is 1. The third-order valence-corrected chi connectivity index (χ3v) is 3.16. The Kier molecular flexibility index (Phi) is 3.79. The van der Waals surface area contributed by atoms with Crippen molar-refractivity contribution in [2.75, 3.05) is 6.54 Å². The third kappa shape index (κ3) is 3.86. The minimum Gasteiger partial charge on any atom is -0.391 e. The van der Waals surface area contributed by atoms with Crippen LogP contribution in [0.2, 0.25) is 0 Å².